The molecule has 2 rings (SSSR count). The third-order valence-corrected chi connectivity index (χ3v) is 5.15. The van der Waals surface area contributed by atoms with Crippen LogP contribution < -0.4 is 5.32 Å². The van der Waals surface area contributed by atoms with Crippen LogP contribution in [0, 0.1) is 5.92 Å². The predicted molar refractivity (Wildman–Crippen MR) is 95.8 cm³/mol. The molecule has 1 aliphatic carbocycles. The zero-order valence-electron chi connectivity index (χ0n) is 14.8. The molecule has 0 heterocycles. The summed E-state index contributed by atoms with van der Waals surface area (Å²) in [5, 5.41) is 12.3. The van der Waals surface area contributed by atoms with E-state index >= 15 is 0 Å². The fraction of sp³-hybridized carbons (Fsp3) is 0.650. The lowest BCUT2D eigenvalue weighted by Crippen LogP contribution is -2.19. The van der Waals surface area contributed by atoms with Crippen molar-refractivity contribution < 1.29 is 14.6 Å². The molecule has 1 aliphatic rings. The van der Waals surface area contributed by atoms with Crippen LogP contribution in [0.25, 0.3) is 0 Å². The highest BCUT2D eigenvalue weighted by Gasteiger charge is 2.24. The minimum absolute atomic E-state index is 0.0866. The largest absolute Gasteiger partial charge is 0.469 e. The average molecular weight is 333 g/mol. The van der Waals surface area contributed by atoms with Gasteiger partial charge in [0.2, 0.25) is 0 Å². The van der Waals surface area contributed by atoms with Crippen LogP contribution in [0.4, 0.5) is 0 Å². The van der Waals surface area contributed by atoms with Gasteiger partial charge in [0, 0.05) is 19.6 Å². The maximum Gasteiger partial charge on any atom is 0.305 e. The summed E-state index contributed by atoms with van der Waals surface area (Å²) in [7, 11) is 1.46. The summed E-state index contributed by atoms with van der Waals surface area (Å²) in [6.45, 7) is 1.97. The van der Waals surface area contributed by atoms with E-state index < -0.39 is 0 Å². The number of benzene rings is 1. The lowest BCUT2D eigenvalue weighted by Gasteiger charge is -2.30. The van der Waals surface area contributed by atoms with Crippen LogP contribution in [-0.4, -0.2) is 31.3 Å². The number of esters is 1. The summed E-state index contributed by atoms with van der Waals surface area (Å²) in [5.41, 5.74) is 2.86. The molecule has 0 atom stereocenters. The molecule has 0 bridgehead atoms. The van der Waals surface area contributed by atoms with Crippen molar-refractivity contribution in [2.45, 2.75) is 57.4 Å². The molecule has 1 fully saturated rings. The first-order valence-electron chi connectivity index (χ1n) is 9.20. The number of aliphatic hydroxyl groups excluding tert-OH is 1. The Morgan fingerprint density at radius 2 is 2.00 bits per heavy atom. The SMILES string of the molecule is COC(=O)CCC1CCC(c2ccccc2CNCCCO)CC1. The van der Waals surface area contributed by atoms with Crippen LogP contribution in [0.2, 0.25) is 0 Å². The number of methoxy groups -OCH3 is 1. The van der Waals surface area contributed by atoms with Crippen LogP contribution in [0.3, 0.4) is 0 Å². The van der Waals surface area contributed by atoms with Crippen LogP contribution in [0.1, 0.15) is 62.0 Å². The van der Waals surface area contributed by atoms with Crippen molar-refractivity contribution in [3.63, 3.8) is 0 Å². The molecular formula is C20H31NO3. The molecule has 4 nitrogen and oxygen atoms in total. The third-order valence-electron chi connectivity index (χ3n) is 5.15. The second-order valence-electron chi connectivity index (χ2n) is 6.79. The second-order valence-corrected chi connectivity index (χ2v) is 6.79. The monoisotopic (exact) mass is 333 g/mol. The van der Waals surface area contributed by atoms with Gasteiger partial charge < -0.3 is 15.2 Å². The maximum absolute atomic E-state index is 11.3. The molecule has 1 saturated carbocycles. The van der Waals surface area contributed by atoms with Crippen molar-refractivity contribution in [3.05, 3.63) is 35.4 Å². The Kier molecular flexibility index (Phi) is 8.26. The van der Waals surface area contributed by atoms with E-state index in [1.165, 1.54) is 43.9 Å². The second kappa shape index (κ2) is 10.5. The molecule has 0 aromatic heterocycles. The van der Waals surface area contributed by atoms with Crippen LogP contribution in [0.5, 0.6) is 0 Å². The van der Waals surface area contributed by atoms with E-state index in [1.54, 1.807) is 0 Å². The van der Waals surface area contributed by atoms with Gasteiger partial charge in [0.1, 0.15) is 0 Å². The van der Waals surface area contributed by atoms with Crippen molar-refractivity contribution in [2.24, 2.45) is 5.92 Å². The molecule has 0 radical (unpaired) electrons. The van der Waals surface area contributed by atoms with Gasteiger partial charge in [0.05, 0.1) is 7.11 Å². The Labute approximate surface area is 145 Å². The standard InChI is InChI=1S/C20H31NO3/c1-24-20(23)12-9-16-7-10-17(11-8-16)19-6-3-2-5-18(19)15-21-13-4-14-22/h2-3,5-6,16-17,21-22H,4,7-15H2,1H3. The number of ether oxygens (including phenoxy) is 1. The normalized spacial score (nSPS) is 20.8. The smallest absolute Gasteiger partial charge is 0.305 e. The summed E-state index contributed by atoms with van der Waals surface area (Å²) in [6, 6.07) is 8.72. The van der Waals surface area contributed by atoms with Gasteiger partial charge in [-0.2, -0.15) is 0 Å². The van der Waals surface area contributed by atoms with Gasteiger partial charge in [-0.1, -0.05) is 24.3 Å². The number of nitrogens with one attached hydrogen (secondary N) is 1. The zero-order valence-corrected chi connectivity index (χ0v) is 14.8. The Hall–Kier alpha value is -1.39. The highest BCUT2D eigenvalue weighted by molar-refractivity contribution is 5.69. The van der Waals surface area contributed by atoms with E-state index in [0.29, 0.717) is 18.3 Å². The first kappa shape index (κ1) is 18.9. The first-order valence-corrected chi connectivity index (χ1v) is 9.20. The minimum Gasteiger partial charge on any atom is -0.469 e. The number of hydrogen-bond donors (Lipinski definition) is 2. The van der Waals surface area contributed by atoms with E-state index in [4.69, 9.17) is 9.84 Å². The Balaban J connectivity index is 1.83. The average Bonchev–Trinajstić information content (AvgIpc) is 2.64. The molecular weight excluding hydrogens is 302 g/mol. The van der Waals surface area contributed by atoms with Gasteiger partial charge in [-0.15, -0.1) is 0 Å². The number of carbonyl (C=O) groups is 1. The van der Waals surface area contributed by atoms with Gasteiger partial charge in [0.15, 0.2) is 0 Å². The number of carbonyl (C=O) groups excluding carboxylic acids is 1. The molecule has 0 aliphatic heterocycles. The summed E-state index contributed by atoms with van der Waals surface area (Å²) >= 11 is 0. The number of rotatable bonds is 9. The Bertz CT molecular complexity index is 495. The van der Waals surface area contributed by atoms with E-state index in [-0.39, 0.29) is 12.6 Å². The summed E-state index contributed by atoms with van der Waals surface area (Å²) in [4.78, 5) is 11.3. The van der Waals surface area contributed by atoms with E-state index in [1.807, 2.05) is 0 Å². The molecule has 1 aromatic carbocycles. The lowest BCUT2D eigenvalue weighted by atomic mass is 9.76. The quantitative estimate of drug-likeness (QED) is 0.537. The molecule has 0 amide bonds. The van der Waals surface area contributed by atoms with Crippen LogP contribution in [0.15, 0.2) is 24.3 Å². The fourth-order valence-corrected chi connectivity index (χ4v) is 3.71. The first-order chi connectivity index (χ1) is 11.7. The predicted octanol–water partition coefficient (Wildman–Crippen LogP) is 3.39. The molecule has 1 aromatic rings. The summed E-state index contributed by atoms with van der Waals surface area (Å²) in [5.74, 6) is 1.21. The number of hydrogen-bond acceptors (Lipinski definition) is 4. The van der Waals surface area contributed by atoms with Crippen molar-refractivity contribution in [1.82, 2.24) is 5.32 Å². The van der Waals surface area contributed by atoms with Gasteiger partial charge >= 0.3 is 5.97 Å². The van der Waals surface area contributed by atoms with Gasteiger partial charge in [-0.3, -0.25) is 4.79 Å². The third kappa shape index (κ3) is 5.91. The van der Waals surface area contributed by atoms with Gasteiger partial charge in [0.25, 0.3) is 0 Å². The molecule has 0 unspecified atom stereocenters. The molecule has 134 valence electrons. The summed E-state index contributed by atoms with van der Waals surface area (Å²) in [6.07, 6.45) is 7.13. The van der Waals surface area contributed by atoms with Crippen molar-refractivity contribution in [2.75, 3.05) is 20.3 Å². The maximum atomic E-state index is 11.3. The molecule has 0 spiro atoms. The van der Waals surface area contributed by atoms with Crippen molar-refractivity contribution in [3.8, 4) is 0 Å². The van der Waals surface area contributed by atoms with Crippen LogP contribution in [-0.2, 0) is 16.1 Å². The minimum atomic E-state index is -0.0866. The van der Waals surface area contributed by atoms with Gasteiger partial charge in [-0.05, 0) is 68.0 Å². The Morgan fingerprint density at radius 3 is 2.71 bits per heavy atom. The van der Waals surface area contributed by atoms with Crippen molar-refractivity contribution >= 4 is 5.97 Å². The molecule has 0 saturated heterocycles. The molecule has 24 heavy (non-hydrogen) atoms. The van der Waals surface area contributed by atoms with E-state index in [2.05, 4.69) is 29.6 Å². The van der Waals surface area contributed by atoms with Crippen molar-refractivity contribution in [1.29, 1.82) is 0 Å². The molecule has 2 N–H and O–H groups in total. The highest BCUT2D eigenvalue weighted by Crippen LogP contribution is 2.38. The number of aliphatic hydroxyl groups is 1. The highest BCUT2D eigenvalue weighted by atomic mass is 16.5. The fourth-order valence-electron chi connectivity index (χ4n) is 3.71. The Morgan fingerprint density at radius 1 is 1.25 bits per heavy atom. The van der Waals surface area contributed by atoms with E-state index in [0.717, 1.165) is 25.9 Å². The summed E-state index contributed by atoms with van der Waals surface area (Å²) < 4.78 is 4.74. The lowest BCUT2D eigenvalue weighted by molar-refractivity contribution is -0.141. The van der Waals surface area contributed by atoms with Crippen LogP contribution >= 0.6 is 0 Å². The molecule has 4 heteroatoms. The zero-order chi connectivity index (χ0) is 17.2. The van der Waals surface area contributed by atoms with E-state index in [9.17, 15) is 4.79 Å². The topological polar surface area (TPSA) is 58.6 Å². The van der Waals surface area contributed by atoms with Gasteiger partial charge in [-0.25, -0.2) is 0 Å².